The van der Waals surface area contributed by atoms with Crippen molar-refractivity contribution < 1.29 is 18.3 Å². The molecular weight excluding hydrogens is 266 g/mol. The number of anilines is 1. The van der Waals surface area contributed by atoms with Crippen molar-refractivity contribution in [2.24, 2.45) is 0 Å². The fourth-order valence-corrected chi connectivity index (χ4v) is 2.28. The molecule has 0 aliphatic carbocycles. The lowest BCUT2D eigenvalue weighted by atomic mass is 9.90. The van der Waals surface area contributed by atoms with E-state index in [0.717, 1.165) is 24.2 Å². The van der Waals surface area contributed by atoms with Crippen LogP contribution >= 0.6 is 0 Å². The Kier molecular flexibility index (Phi) is 5.29. The first-order valence-electron chi connectivity index (χ1n) is 6.65. The van der Waals surface area contributed by atoms with Crippen molar-refractivity contribution in [1.29, 1.82) is 0 Å². The number of benzene rings is 1. The van der Waals surface area contributed by atoms with Crippen LogP contribution in [0, 0.1) is 0 Å². The van der Waals surface area contributed by atoms with Crippen LogP contribution in [0.1, 0.15) is 17.9 Å². The van der Waals surface area contributed by atoms with Crippen molar-refractivity contribution in [3.63, 3.8) is 0 Å². The Morgan fingerprint density at radius 3 is 3.05 bits per heavy atom. The number of nitrogens with one attached hydrogen (secondary N) is 2. The number of halogens is 2. The van der Waals surface area contributed by atoms with E-state index in [0.29, 0.717) is 0 Å². The number of ether oxygens (including phenoxy) is 1. The molecule has 6 heteroatoms. The number of alkyl halides is 2. The Balaban J connectivity index is 1.82. The van der Waals surface area contributed by atoms with Crippen molar-refractivity contribution in [2.75, 3.05) is 31.6 Å². The standard InChI is InChI=1S/C14H18F2N2O2/c15-13(16)9-20-8-7-18-14(19)11-5-6-17-12-4-2-1-3-10(11)12/h1-4,11,13,17H,5-9H2,(H,18,19). The van der Waals surface area contributed by atoms with Crippen LogP contribution in [-0.2, 0) is 9.53 Å². The highest BCUT2D eigenvalue weighted by atomic mass is 19.3. The Morgan fingerprint density at radius 1 is 1.45 bits per heavy atom. The zero-order chi connectivity index (χ0) is 14.4. The molecule has 0 fully saturated rings. The third-order valence-corrected chi connectivity index (χ3v) is 3.19. The maximum atomic E-state index is 12.1. The van der Waals surface area contributed by atoms with Crippen molar-refractivity contribution in [3.05, 3.63) is 29.8 Å². The molecule has 2 N–H and O–H groups in total. The van der Waals surface area contributed by atoms with Crippen molar-refractivity contribution in [2.45, 2.75) is 18.8 Å². The third-order valence-electron chi connectivity index (χ3n) is 3.19. The second-order valence-corrected chi connectivity index (χ2v) is 4.61. The Morgan fingerprint density at radius 2 is 2.25 bits per heavy atom. The van der Waals surface area contributed by atoms with Gasteiger partial charge in [-0.05, 0) is 18.1 Å². The summed E-state index contributed by atoms with van der Waals surface area (Å²) in [4.78, 5) is 12.1. The first-order chi connectivity index (χ1) is 9.68. The minimum absolute atomic E-state index is 0.0837. The SMILES string of the molecule is O=C(NCCOCC(F)F)C1CCNc2ccccc21. The molecule has 1 aliphatic rings. The van der Waals surface area contributed by atoms with E-state index in [1.54, 1.807) is 0 Å². The van der Waals surface area contributed by atoms with Gasteiger partial charge in [0.2, 0.25) is 5.91 Å². The van der Waals surface area contributed by atoms with Gasteiger partial charge < -0.3 is 15.4 Å². The van der Waals surface area contributed by atoms with Crippen LogP contribution in [0.25, 0.3) is 0 Å². The molecular formula is C14H18F2N2O2. The Hall–Kier alpha value is -1.69. The number of hydrogen-bond donors (Lipinski definition) is 2. The number of carbonyl (C=O) groups is 1. The lowest BCUT2D eigenvalue weighted by molar-refractivity contribution is -0.123. The Bertz CT molecular complexity index is 455. The third kappa shape index (κ3) is 3.90. The normalized spacial score (nSPS) is 17.4. The van der Waals surface area contributed by atoms with Gasteiger partial charge in [0.25, 0.3) is 6.43 Å². The van der Waals surface area contributed by atoms with Crippen LogP contribution in [0.15, 0.2) is 24.3 Å². The predicted molar refractivity (Wildman–Crippen MR) is 72.1 cm³/mol. The predicted octanol–water partition coefficient (Wildman–Crippen LogP) is 1.98. The van der Waals surface area contributed by atoms with Gasteiger partial charge in [-0.25, -0.2) is 8.78 Å². The average Bonchev–Trinajstić information content (AvgIpc) is 2.45. The molecule has 110 valence electrons. The summed E-state index contributed by atoms with van der Waals surface area (Å²) in [6.07, 6.45) is -1.75. The van der Waals surface area contributed by atoms with E-state index in [1.165, 1.54) is 0 Å². The van der Waals surface area contributed by atoms with E-state index in [9.17, 15) is 13.6 Å². The molecule has 20 heavy (non-hydrogen) atoms. The summed E-state index contributed by atoms with van der Waals surface area (Å²) in [5, 5.41) is 5.98. The van der Waals surface area contributed by atoms with Gasteiger partial charge in [-0.15, -0.1) is 0 Å². The van der Waals surface area contributed by atoms with Gasteiger partial charge >= 0.3 is 0 Å². The maximum absolute atomic E-state index is 12.1. The van der Waals surface area contributed by atoms with E-state index >= 15 is 0 Å². The first kappa shape index (κ1) is 14.7. The molecule has 2 rings (SSSR count). The quantitative estimate of drug-likeness (QED) is 0.785. The Labute approximate surface area is 116 Å². The molecule has 0 saturated heterocycles. The molecule has 0 saturated carbocycles. The minimum Gasteiger partial charge on any atom is -0.385 e. The summed E-state index contributed by atoms with van der Waals surface area (Å²) in [5.74, 6) is -0.276. The number of hydrogen-bond acceptors (Lipinski definition) is 3. The highest BCUT2D eigenvalue weighted by Gasteiger charge is 2.25. The molecule has 0 aromatic heterocycles. The molecule has 1 aromatic rings. The first-order valence-corrected chi connectivity index (χ1v) is 6.65. The van der Waals surface area contributed by atoms with Crippen molar-refractivity contribution in [3.8, 4) is 0 Å². The van der Waals surface area contributed by atoms with E-state index in [1.807, 2.05) is 24.3 Å². The van der Waals surface area contributed by atoms with Gasteiger partial charge in [0.15, 0.2) is 0 Å². The monoisotopic (exact) mass is 284 g/mol. The highest BCUT2D eigenvalue weighted by Crippen LogP contribution is 2.31. The fraction of sp³-hybridized carbons (Fsp3) is 0.500. The second kappa shape index (κ2) is 7.19. The smallest absolute Gasteiger partial charge is 0.261 e. The highest BCUT2D eigenvalue weighted by molar-refractivity contribution is 5.86. The largest absolute Gasteiger partial charge is 0.385 e. The molecule has 0 bridgehead atoms. The molecule has 1 aliphatic heterocycles. The summed E-state index contributed by atoms with van der Waals surface area (Å²) in [7, 11) is 0. The number of fused-ring (bicyclic) bond motifs is 1. The fourth-order valence-electron chi connectivity index (χ4n) is 2.28. The number of para-hydroxylation sites is 1. The molecule has 1 aromatic carbocycles. The molecule has 4 nitrogen and oxygen atoms in total. The van der Waals surface area contributed by atoms with Crippen LogP contribution in [0.4, 0.5) is 14.5 Å². The molecule has 1 heterocycles. The van der Waals surface area contributed by atoms with Crippen LogP contribution in [-0.4, -0.2) is 38.6 Å². The van der Waals surface area contributed by atoms with Gasteiger partial charge in [0.1, 0.15) is 6.61 Å². The van der Waals surface area contributed by atoms with Crippen LogP contribution in [0.3, 0.4) is 0 Å². The number of rotatable bonds is 6. The lowest BCUT2D eigenvalue weighted by Crippen LogP contribution is -2.35. The number of carbonyl (C=O) groups excluding carboxylic acids is 1. The topological polar surface area (TPSA) is 50.4 Å². The summed E-state index contributed by atoms with van der Waals surface area (Å²) < 4.78 is 28.4. The van der Waals surface area contributed by atoms with E-state index in [4.69, 9.17) is 4.74 Å². The van der Waals surface area contributed by atoms with E-state index < -0.39 is 13.0 Å². The van der Waals surface area contributed by atoms with Gasteiger partial charge in [-0.1, -0.05) is 18.2 Å². The van der Waals surface area contributed by atoms with E-state index in [2.05, 4.69) is 10.6 Å². The van der Waals surface area contributed by atoms with E-state index in [-0.39, 0.29) is 25.0 Å². The van der Waals surface area contributed by atoms with Crippen molar-refractivity contribution >= 4 is 11.6 Å². The number of amides is 1. The molecule has 0 spiro atoms. The average molecular weight is 284 g/mol. The maximum Gasteiger partial charge on any atom is 0.261 e. The molecule has 1 amide bonds. The molecule has 0 radical (unpaired) electrons. The lowest BCUT2D eigenvalue weighted by Gasteiger charge is -2.25. The second-order valence-electron chi connectivity index (χ2n) is 4.61. The zero-order valence-corrected chi connectivity index (χ0v) is 11.1. The zero-order valence-electron chi connectivity index (χ0n) is 11.1. The van der Waals surface area contributed by atoms with Crippen LogP contribution in [0.5, 0.6) is 0 Å². The van der Waals surface area contributed by atoms with Gasteiger partial charge in [0.05, 0.1) is 12.5 Å². The van der Waals surface area contributed by atoms with Gasteiger partial charge in [-0.3, -0.25) is 4.79 Å². The van der Waals surface area contributed by atoms with Crippen molar-refractivity contribution in [1.82, 2.24) is 5.32 Å². The summed E-state index contributed by atoms with van der Waals surface area (Å²) in [6.45, 7) is 0.503. The molecule has 1 atom stereocenters. The van der Waals surface area contributed by atoms with Crippen LogP contribution in [0.2, 0.25) is 0 Å². The molecule has 1 unspecified atom stereocenters. The van der Waals surface area contributed by atoms with Gasteiger partial charge in [-0.2, -0.15) is 0 Å². The van der Waals surface area contributed by atoms with Gasteiger partial charge in [0, 0.05) is 18.8 Å². The summed E-state index contributed by atoms with van der Waals surface area (Å²) in [6, 6.07) is 7.70. The minimum atomic E-state index is -2.47. The summed E-state index contributed by atoms with van der Waals surface area (Å²) in [5.41, 5.74) is 1.96. The van der Waals surface area contributed by atoms with Crippen LogP contribution < -0.4 is 10.6 Å². The summed E-state index contributed by atoms with van der Waals surface area (Å²) >= 11 is 0.